The van der Waals surface area contributed by atoms with Crippen molar-refractivity contribution in [1.29, 1.82) is 0 Å². The largest absolute Gasteiger partial charge is 0.486 e. The highest BCUT2D eigenvalue weighted by molar-refractivity contribution is 5.98. The molecule has 0 radical (unpaired) electrons. The molecule has 5 nitrogen and oxygen atoms in total. The number of fused-ring (bicyclic) bond motifs is 1. The van der Waals surface area contributed by atoms with E-state index in [1.807, 2.05) is 35.2 Å². The Bertz CT molecular complexity index is 860. The van der Waals surface area contributed by atoms with Gasteiger partial charge >= 0.3 is 0 Å². The van der Waals surface area contributed by atoms with E-state index in [0.29, 0.717) is 42.7 Å². The van der Waals surface area contributed by atoms with Crippen molar-refractivity contribution in [2.45, 2.75) is 38.6 Å². The summed E-state index contributed by atoms with van der Waals surface area (Å²) in [6, 6.07) is 15.3. The van der Waals surface area contributed by atoms with Crippen LogP contribution in [-0.4, -0.2) is 36.3 Å². The molecule has 0 N–H and O–H groups in total. The van der Waals surface area contributed by atoms with Crippen LogP contribution in [0.15, 0.2) is 48.5 Å². The van der Waals surface area contributed by atoms with Crippen LogP contribution in [0.3, 0.4) is 0 Å². The summed E-state index contributed by atoms with van der Waals surface area (Å²) in [5.41, 5.74) is 1.69. The van der Waals surface area contributed by atoms with E-state index in [9.17, 15) is 9.59 Å². The van der Waals surface area contributed by atoms with Gasteiger partial charge in [-0.15, -0.1) is 0 Å². The Labute approximate surface area is 171 Å². The molecule has 2 aromatic rings. The fraction of sp³-hybridized carbons (Fsp3) is 0.417. The van der Waals surface area contributed by atoms with Crippen molar-refractivity contribution in [1.82, 2.24) is 4.90 Å². The summed E-state index contributed by atoms with van der Waals surface area (Å²) in [4.78, 5) is 27.5. The lowest BCUT2D eigenvalue weighted by atomic mass is 9.85. The molecule has 29 heavy (non-hydrogen) atoms. The Morgan fingerprint density at radius 3 is 2.41 bits per heavy atom. The quantitative estimate of drug-likeness (QED) is 0.629. The van der Waals surface area contributed by atoms with Gasteiger partial charge in [0.05, 0.1) is 0 Å². The summed E-state index contributed by atoms with van der Waals surface area (Å²) >= 11 is 0. The van der Waals surface area contributed by atoms with Crippen LogP contribution in [0.2, 0.25) is 0 Å². The first-order valence-corrected chi connectivity index (χ1v) is 10.4. The Morgan fingerprint density at radius 2 is 1.69 bits per heavy atom. The number of ether oxygens (including phenoxy) is 2. The molecule has 0 bridgehead atoms. The SMILES string of the molecule is O=C(CCC(=O)N(Cc1ccccc1)CC1CCC1)c1ccc2c(c1)OCCO2. The standard InChI is InChI=1S/C24H27NO4/c26-21(20-9-11-22-23(15-20)29-14-13-28-22)10-12-24(27)25(17-19-7-4-8-19)16-18-5-2-1-3-6-18/h1-3,5-6,9,11,15,19H,4,7-8,10,12-14,16-17H2. The van der Waals surface area contributed by atoms with E-state index in [4.69, 9.17) is 9.47 Å². The minimum Gasteiger partial charge on any atom is -0.486 e. The minimum absolute atomic E-state index is 0.0429. The van der Waals surface area contributed by atoms with Crippen LogP contribution in [0.25, 0.3) is 0 Å². The van der Waals surface area contributed by atoms with E-state index in [2.05, 4.69) is 0 Å². The lowest BCUT2D eigenvalue weighted by Gasteiger charge is -2.32. The van der Waals surface area contributed by atoms with E-state index in [1.54, 1.807) is 18.2 Å². The zero-order chi connectivity index (χ0) is 20.1. The lowest BCUT2D eigenvalue weighted by Crippen LogP contribution is -2.37. The molecule has 2 aliphatic rings. The topological polar surface area (TPSA) is 55.8 Å². The minimum atomic E-state index is -0.0429. The molecule has 0 saturated heterocycles. The van der Waals surface area contributed by atoms with Crippen LogP contribution >= 0.6 is 0 Å². The summed E-state index contributed by atoms with van der Waals surface area (Å²) in [6.45, 7) is 2.39. The number of hydrogen-bond acceptors (Lipinski definition) is 4. The third kappa shape index (κ3) is 4.97. The van der Waals surface area contributed by atoms with Crippen LogP contribution in [0, 0.1) is 5.92 Å². The van der Waals surface area contributed by atoms with Crippen molar-refractivity contribution in [3.05, 3.63) is 59.7 Å². The second-order valence-corrected chi connectivity index (χ2v) is 7.84. The van der Waals surface area contributed by atoms with Crippen LogP contribution in [0.5, 0.6) is 11.5 Å². The molecule has 1 aliphatic heterocycles. The lowest BCUT2D eigenvalue weighted by molar-refractivity contribution is -0.132. The van der Waals surface area contributed by atoms with E-state index in [0.717, 1.165) is 12.1 Å². The maximum absolute atomic E-state index is 12.9. The molecule has 152 valence electrons. The monoisotopic (exact) mass is 393 g/mol. The summed E-state index contributed by atoms with van der Waals surface area (Å²) < 4.78 is 11.1. The van der Waals surface area contributed by atoms with Gasteiger partial charge in [-0.05, 0) is 42.5 Å². The van der Waals surface area contributed by atoms with Gasteiger partial charge in [0, 0.05) is 31.5 Å². The molecule has 0 unspecified atom stereocenters. The first kappa shape index (κ1) is 19.5. The van der Waals surface area contributed by atoms with Crippen molar-refractivity contribution in [2.24, 2.45) is 5.92 Å². The maximum atomic E-state index is 12.9. The fourth-order valence-corrected chi connectivity index (χ4v) is 3.79. The van der Waals surface area contributed by atoms with Gasteiger partial charge in [0.15, 0.2) is 17.3 Å². The van der Waals surface area contributed by atoms with Gasteiger partial charge in [0.2, 0.25) is 5.91 Å². The average Bonchev–Trinajstić information content (AvgIpc) is 2.73. The third-order valence-electron chi connectivity index (χ3n) is 5.70. The highest BCUT2D eigenvalue weighted by atomic mass is 16.6. The van der Waals surface area contributed by atoms with E-state index >= 15 is 0 Å². The van der Waals surface area contributed by atoms with Crippen LogP contribution < -0.4 is 9.47 Å². The Hall–Kier alpha value is -2.82. The zero-order valence-electron chi connectivity index (χ0n) is 16.6. The number of rotatable bonds is 8. The number of carbonyl (C=O) groups excluding carboxylic acids is 2. The summed E-state index contributed by atoms with van der Waals surface area (Å²) in [5.74, 6) is 1.86. The normalized spacial score (nSPS) is 15.4. The molecule has 4 rings (SSSR count). The number of Topliss-reactive ketones (excluding diaryl/α,β-unsaturated/α-hetero) is 1. The van der Waals surface area contributed by atoms with Gasteiger partial charge in [0.1, 0.15) is 13.2 Å². The van der Waals surface area contributed by atoms with Gasteiger partial charge in [-0.3, -0.25) is 9.59 Å². The van der Waals surface area contributed by atoms with Gasteiger partial charge in [-0.25, -0.2) is 0 Å². The molecule has 1 amide bonds. The van der Waals surface area contributed by atoms with Gasteiger partial charge in [0.25, 0.3) is 0 Å². The molecule has 0 spiro atoms. The molecule has 1 fully saturated rings. The Morgan fingerprint density at radius 1 is 0.931 bits per heavy atom. The van der Waals surface area contributed by atoms with Gasteiger partial charge in [-0.1, -0.05) is 36.8 Å². The molecule has 0 aromatic heterocycles. The van der Waals surface area contributed by atoms with Gasteiger partial charge in [-0.2, -0.15) is 0 Å². The molecular formula is C24H27NO4. The highest BCUT2D eigenvalue weighted by Crippen LogP contribution is 2.31. The molecular weight excluding hydrogens is 366 g/mol. The second kappa shape index (κ2) is 9.12. The van der Waals surface area contributed by atoms with E-state index in [-0.39, 0.29) is 24.5 Å². The fourth-order valence-electron chi connectivity index (χ4n) is 3.79. The summed E-state index contributed by atoms with van der Waals surface area (Å²) in [5, 5.41) is 0. The molecule has 2 aromatic carbocycles. The molecule has 1 aliphatic carbocycles. The van der Waals surface area contributed by atoms with Crippen LogP contribution in [-0.2, 0) is 11.3 Å². The Kier molecular flexibility index (Phi) is 6.13. The van der Waals surface area contributed by atoms with E-state index < -0.39 is 0 Å². The predicted molar refractivity (Wildman–Crippen MR) is 110 cm³/mol. The second-order valence-electron chi connectivity index (χ2n) is 7.84. The molecule has 5 heteroatoms. The number of carbonyl (C=O) groups is 2. The first-order chi connectivity index (χ1) is 14.2. The summed E-state index contributed by atoms with van der Waals surface area (Å²) in [6.07, 6.45) is 4.06. The maximum Gasteiger partial charge on any atom is 0.223 e. The van der Waals surface area contributed by atoms with Crippen molar-refractivity contribution in [2.75, 3.05) is 19.8 Å². The summed E-state index contributed by atoms with van der Waals surface area (Å²) in [7, 11) is 0. The van der Waals surface area contributed by atoms with Crippen LogP contribution in [0.1, 0.15) is 48.0 Å². The van der Waals surface area contributed by atoms with E-state index in [1.165, 1.54) is 19.3 Å². The van der Waals surface area contributed by atoms with Crippen molar-refractivity contribution in [3.8, 4) is 11.5 Å². The molecule has 0 atom stereocenters. The van der Waals surface area contributed by atoms with Crippen molar-refractivity contribution >= 4 is 11.7 Å². The highest BCUT2D eigenvalue weighted by Gasteiger charge is 2.24. The molecule has 1 saturated carbocycles. The smallest absolute Gasteiger partial charge is 0.223 e. The predicted octanol–water partition coefficient (Wildman–Crippen LogP) is 4.25. The zero-order valence-corrected chi connectivity index (χ0v) is 16.6. The van der Waals surface area contributed by atoms with Crippen molar-refractivity contribution < 1.29 is 19.1 Å². The van der Waals surface area contributed by atoms with Crippen LogP contribution in [0.4, 0.5) is 0 Å². The van der Waals surface area contributed by atoms with Crippen molar-refractivity contribution in [3.63, 3.8) is 0 Å². The number of benzene rings is 2. The average molecular weight is 393 g/mol. The van der Waals surface area contributed by atoms with Gasteiger partial charge < -0.3 is 14.4 Å². The Balaban J connectivity index is 1.37. The third-order valence-corrected chi connectivity index (χ3v) is 5.70. The number of nitrogens with zero attached hydrogens (tertiary/aromatic N) is 1. The molecule has 1 heterocycles. The first-order valence-electron chi connectivity index (χ1n) is 10.4. The number of amides is 1. The number of hydrogen-bond donors (Lipinski definition) is 0. The number of ketones is 1.